The lowest BCUT2D eigenvalue weighted by Crippen LogP contribution is -2.25. The summed E-state index contributed by atoms with van der Waals surface area (Å²) in [6.07, 6.45) is 2.04. The van der Waals surface area contributed by atoms with Crippen molar-refractivity contribution in [3.8, 4) is 24.3 Å². The molecule has 4 aliphatic carbocycles. The molecule has 0 N–H and O–H groups in total. The molecule has 0 fully saturated rings. The van der Waals surface area contributed by atoms with Gasteiger partial charge in [-0.1, -0.05) is 48.5 Å². The van der Waals surface area contributed by atoms with Crippen LogP contribution in [0.15, 0.2) is 48.5 Å². The number of aryl methyl sites for hydroxylation is 2. The molecule has 0 radical (unpaired) electrons. The second-order valence-electron chi connectivity index (χ2n) is 6.65. The van der Waals surface area contributed by atoms with E-state index in [2.05, 4.69) is 24.3 Å². The smallest absolute Gasteiger partial charge is 0.168 e. The molecule has 124 valence electrons. The molecule has 0 aliphatic heterocycles. The van der Waals surface area contributed by atoms with Gasteiger partial charge in [0.15, 0.2) is 10.8 Å². The maximum Gasteiger partial charge on any atom is 0.168 e. The van der Waals surface area contributed by atoms with E-state index in [0.29, 0.717) is 36.8 Å². The lowest BCUT2D eigenvalue weighted by atomic mass is 9.74. The van der Waals surface area contributed by atoms with Crippen molar-refractivity contribution in [2.45, 2.75) is 36.5 Å². The van der Waals surface area contributed by atoms with Gasteiger partial charge in [0.25, 0.3) is 0 Å². The second kappa shape index (κ2) is 6.72. The zero-order valence-corrected chi connectivity index (χ0v) is 14.2. The Hall–Kier alpha value is -3.60. The Morgan fingerprint density at radius 1 is 0.538 bits per heavy atom. The van der Waals surface area contributed by atoms with Gasteiger partial charge in [0.2, 0.25) is 0 Å². The minimum absolute atomic E-state index is 0.389. The molecule has 26 heavy (non-hydrogen) atoms. The van der Waals surface area contributed by atoms with Crippen LogP contribution in [0, 0.1) is 45.3 Å². The van der Waals surface area contributed by atoms with Gasteiger partial charge in [0.1, 0.15) is 0 Å². The van der Waals surface area contributed by atoms with Crippen LogP contribution in [-0.4, -0.2) is 0 Å². The van der Waals surface area contributed by atoms with Crippen molar-refractivity contribution in [3.05, 3.63) is 70.8 Å². The standard InChI is InChI=1S/C22H16N4/c23-13-21(14-24)11-9-17-1-2-18(4-3-17)10-12-22(15-25,16-26)20-7-5-19(21)6-8-20/h1-8H,9-12H2. The van der Waals surface area contributed by atoms with Crippen LogP contribution in [0.5, 0.6) is 0 Å². The SMILES string of the molecule is N#CC1(C#N)CCc2ccc(cc2)CCC(C#N)(C#N)c2ccc1cc2. The Morgan fingerprint density at radius 3 is 1.12 bits per heavy atom. The number of rotatable bonds is 0. The van der Waals surface area contributed by atoms with E-state index in [1.54, 1.807) is 24.3 Å². The van der Waals surface area contributed by atoms with Gasteiger partial charge in [-0.25, -0.2) is 0 Å². The van der Waals surface area contributed by atoms with Crippen LogP contribution in [0.2, 0.25) is 0 Å². The quantitative estimate of drug-likeness (QED) is 0.730. The van der Waals surface area contributed by atoms with Crippen molar-refractivity contribution >= 4 is 0 Å². The topological polar surface area (TPSA) is 95.2 Å². The van der Waals surface area contributed by atoms with Crippen LogP contribution in [0.3, 0.4) is 0 Å². The van der Waals surface area contributed by atoms with E-state index in [4.69, 9.17) is 0 Å². The van der Waals surface area contributed by atoms with Crippen LogP contribution in [-0.2, 0) is 23.7 Å². The van der Waals surface area contributed by atoms with Crippen LogP contribution < -0.4 is 0 Å². The van der Waals surface area contributed by atoms with Crippen LogP contribution >= 0.6 is 0 Å². The fourth-order valence-corrected chi connectivity index (χ4v) is 3.40. The lowest BCUT2D eigenvalue weighted by Gasteiger charge is -2.23. The van der Waals surface area contributed by atoms with E-state index in [0.717, 1.165) is 11.1 Å². The monoisotopic (exact) mass is 336 g/mol. The molecule has 2 aromatic rings. The van der Waals surface area contributed by atoms with Gasteiger partial charge < -0.3 is 0 Å². The van der Waals surface area contributed by atoms with Gasteiger partial charge in [-0.05, 0) is 47.9 Å². The molecule has 0 aromatic heterocycles. The number of hydrogen-bond donors (Lipinski definition) is 0. The molecular weight excluding hydrogens is 320 g/mol. The summed E-state index contributed by atoms with van der Waals surface area (Å²) >= 11 is 0. The summed E-state index contributed by atoms with van der Waals surface area (Å²) in [5, 5.41) is 38.8. The summed E-state index contributed by atoms with van der Waals surface area (Å²) in [5.41, 5.74) is 0.828. The van der Waals surface area contributed by atoms with Gasteiger partial charge in [0.05, 0.1) is 24.3 Å². The van der Waals surface area contributed by atoms with E-state index in [9.17, 15) is 21.0 Å². The fourth-order valence-electron chi connectivity index (χ4n) is 3.40. The Balaban J connectivity index is 2.17. The molecule has 2 aromatic carbocycles. The average Bonchev–Trinajstić information content (AvgIpc) is 2.71. The largest absolute Gasteiger partial charge is 0.196 e. The third-order valence-electron chi connectivity index (χ3n) is 5.23. The molecule has 0 saturated carbocycles. The summed E-state index contributed by atoms with van der Waals surface area (Å²) in [7, 11) is 0. The van der Waals surface area contributed by atoms with Gasteiger partial charge >= 0.3 is 0 Å². The van der Waals surface area contributed by atoms with E-state index < -0.39 is 10.8 Å². The molecule has 4 aliphatic rings. The van der Waals surface area contributed by atoms with Gasteiger partial charge in [-0.3, -0.25) is 0 Å². The molecule has 0 saturated heterocycles. The Kier molecular flexibility index (Phi) is 4.45. The van der Waals surface area contributed by atoms with Crippen molar-refractivity contribution in [1.29, 1.82) is 21.0 Å². The molecular formula is C22H16N4. The van der Waals surface area contributed by atoms with Crippen LogP contribution in [0.25, 0.3) is 0 Å². The molecule has 0 amide bonds. The zero-order chi connectivity index (χ0) is 18.6. The third-order valence-corrected chi connectivity index (χ3v) is 5.23. The number of hydrogen-bond acceptors (Lipinski definition) is 4. The minimum Gasteiger partial charge on any atom is -0.196 e. The second-order valence-corrected chi connectivity index (χ2v) is 6.65. The van der Waals surface area contributed by atoms with E-state index >= 15 is 0 Å². The predicted octanol–water partition coefficient (Wildman–Crippen LogP) is 3.84. The highest BCUT2D eigenvalue weighted by molar-refractivity contribution is 5.47. The van der Waals surface area contributed by atoms with Crippen molar-refractivity contribution in [1.82, 2.24) is 0 Å². The number of nitriles is 4. The van der Waals surface area contributed by atoms with Gasteiger partial charge in [-0.2, -0.15) is 21.0 Å². The summed E-state index contributed by atoms with van der Waals surface area (Å²) in [4.78, 5) is 0. The highest BCUT2D eigenvalue weighted by Crippen LogP contribution is 2.34. The normalized spacial score (nSPS) is 17.1. The molecule has 0 atom stereocenters. The molecule has 0 unspecified atom stereocenters. The summed E-state index contributed by atoms with van der Waals surface area (Å²) < 4.78 is 0. The zero-order valence-electron chi connectivity index (χ0n) is 14.2. The Bertz CT molecular complexity index is 863. The van der Waals surface area contributed by atoms with E-state index in [1.165, 1.54) is 0 Å². The van der Waals surface area contributed by atoms with Crippen LogP contribution in [0.1, 0.15) is 35.1 Å². The highest BCUT2D eigenvalue weighted by Gasteiger charge is 2.35. The Morgan fingerprint density at radius 2 is 0.846 bits per heavy atom. The number of nitrogens with zero attached hydrogens (tertiary/aromatic N) is 4. The first-order chi connectivity index (χ1) is 12.6. The molecule has 0 spiro atoms. The Labute approximate surface area is 153 Å². The van der Waals surface area contributed by atoms with Gasteiger partial charge in [0, 0.05) is 0 Å². The fraction of sp³-hybridized carbons (Fsp3) is 0.273. The van der Waals surface area contributed by atoms with E-state index in [-0.39, 0.29) is 0 Å². The first-order valence-corrected chi connectivity index (χ1v) is 8.45. The van der Waals surface area contributed by atoms with Crippen LogP contribution in [0.4, 0.5) is 0 Å². The molecule has 4 nitrogen and oxygen atoms in total. The summed E-state index contributed by atoms with van der Waals surface area (Å²) in [6.45, 7) is 0. The first-order valence-electron chi connectivity index (χ1n) is 8.45. The molecule has 4 bridgehead atoms. The van der Waals surface area contributed by atoms with Crippen molar-refractivity contribution in [2.24, 2.45) is 0 Å². The third kappa shape index (κ3) is 2.80. The predicted molar refractivity (Wildman–Crippen MR) is 95.3 cm³/mol. The van der Waals surface area contributed by atoms with Gasteiger partial charge in [-0.15, -0.1) is 0 Å². The summed E-state index contributed by atoms with van der Waals surface area (Å²) in [5.74, 6) is 0. The minimum atomic E-state index is -1.25. The van der Waals surface area contributed by atoms with E-state index in [1.807, 2.05) is 24.3 Å². The average molecular weight is 336 g/mol. The molecule has 0 heterocycles. The van der Waals surface area contributed by atoms with Crippen molar-refractivity contribution in [3.63, 3.8) is 0 Å². The summed E-state index contributed by atoms with van der Waals surface area (Å²) in [6, 6.07) is 23.5. The highest BCUT2D eigenvalue weighted by atomic mass is 14.4. The lowest BCUT2D eigenvalue weighted by molar-refractivity contribution is 0.612. The van der Waals surface area contributed by atoms with Crippen molar-refractivity contribution in [2.75, 3.05) is 0 Å². The molecule has 6 rings (SSSR count). The van der Waals surface area contributed by atoms with Crippen molar-refractivity contribution < 1.29 is 0 Å². The maximum atomic E-state index is 9.71. The number of benzene rings is 2. The first kappa shape index (κ1) is 17.2. The maximum absolute atomic E-state index is 9.71. The molecule has 4 heteroatoms.